The molecular weight excluding hydrogens is 679 g/mol. The predicted molar refractivity (Wildman–Crippen MR) is 223 cm³/mol. The van der Waals surface area contributed by atoms with Crippen molar-refractivity contribution in [2.75, 3.05) is 10.2 Å². The Bertz CT molecular complexity index is 3290. The number of nitrogens with one attached hydrogen (secondary N) is 1. The van der Waals surface area contributed by atoms with E-state index >= 15 is 0 Å². The molecule has 1 aliphatic heterocycles. The minimum atomic E-state index is -0.346. The first-order valence-electron chi connectivity index (χ1n) is 18.5. The van der Waals surface area contributed by atoms with Crippen LogP contribution in [0.25, 0.3) is 71.4 Å². The van der Waals surface area contributed by atoms with Gasteiger partial charge in [-0.1, -0.05) is 109 Å². The zero-order valence-electron chi connectivity index (χ0n) is 29.4. The number of benzene rings is 8. The first-order chi connectivity index (χ1) is 27.3. The van der Waals surface area contributed by atoms with E-state index in [0.717, 1.165) is 94.7 Å². The second-order valence-corrected chi connectivity index (χ2v) is 14.1. The lowest BCUT2D eigenvalue weighted by atomic mass is 10.1. The number of anilines is 4. The molecule has 6 heteroatoms. The van der Waals surface area contributed by atoms with E-state index in [1.807, 2.05) is 42.5 Å². The summed E-state index contributed by atoms with van der Waals surface area (Å²) in [5, 5.41) is 10.2. The molecule has 4 heterocycles. The summed E-state index contributed by atoms with van der Waals surface area (Å²) in [4.78, 5) is 2.28. The van der Waals surface area contributed by atoms with Gasteiger partial charge in [-0.3, -0.25) is 0 Å². The Labute approximate surface area is 315 Å². The number of aromatic nitrogens is 1. The van der Waals surface area contributed by atoms with E-state index in [2.05, 4.69) is 148 Å². The monoisotopic (exact) mass is 709 g/mol. The Morgan fingerprint density at radius 2 is 1.11 bits per heavy atom. The highest BCUT2D eigenvalue weighted by molar-refractivity contribution is 6.19. The molecule has 0 saturated carbocycles. The summed E-state index contributed by atoms with van der Waals surface area (Å²) in [5.41, 5.74) is 11.3. The van der Waals surface area contributed by atoms with Crippen molar-refractivity contribution in [3.8, 4) is 11.4 Å². The van der Waals surface area contributed by atoms with Crippen molar-refractivity contribution >= 4 is 88.4 Å². The Kier molecular flexibility index (Phi) is 6.30. The standard InChI is InChI=1S/C49H31N3O3/c1-3-13-30(14-4-1)49-50-47-45(55-49)29-41(48-46(47)38-19-9-12-22-43(38)54-48)51(33-24-26-37-36-18-8-11-21-42(36)53-44(37)28-33)32-23-25-35-34-17-7-10-20-39(34)52(40(35)27-32)31-15-5-2-6-16-31/h1-29,49-50H. The van der Waals surface area contributed by atoms with Crippen molar-refractivity contribution in [2.45, 2.75) is 6.23 Å². The van der Waals surface area contributed by atoms with Gasteiger partial charge in [-0.05, 0) is 54.6 Å². The van der Waals surface area contributed by atoms with Gasteiger partial charge in [0.1, 0.15) is 22.5 Å². The summed E-state index contributed by atoms with van der Waals surface area (Å²) in [7, 11) is 0. The van der Waals surface area contributed by atoms with E-state index in [0.29, 0.717) is 0 Å². The number of para-hydroxylation sites is 4. The number of ether oxygens (including phenoxy) is 1. The van der Waals surface area contributed by atoms with Gasteiger partial charge < -0.3 is 28.4 Å². The van der Waals surface area contributed by atoms with Gasteiger partial charge in [0.25, 0.3) is 0 Å². The first kappa shape index (κ1) is 30.1. The molecular formula is C49H31N3O3. The minimum absolute atomic E-state index is 0.346. The molecule has 1 N–H and O–H groups in total. The second kappa shape index (κ2) is 11.5. The van der Waals surface area contributed by atoms with Crippen LogP contribution in [0.2, 0.25) is 0 Å². The summed E-state index contributed by atoms with van der Waals surface area (Å²) >= 11 is 0. The maximum atomic E-state index is 6.87. The number of rotatable bonds is 5. The van der Waals surface area contributed by atoms with Crippen molar-refractivity contribution in [3.05, 3.63) is 181 Å². The molecule has 1 unspecified atom stereocenters. The van der Waals surface area contributed by atoms with Gasteiger partial charge >= 0.3 is 0 Å². The van der Waals surface area contributed by atoms with E-state index in [4.69, 9.17) is 13.6 Å². The van der Waals surface area contributed by atoms with E-state index in [9.17, 15) is 0 Å². The predicted octanol–water partition coefficient (Wildman–Crippen LogP) is 13.6. The second-order valence-electron chi connectivity index (χ2n) is 14.1. The van der Waals surface area contributed by atoms with Crippen molar-refractivity contribution in [1.29, 1.82) is 0 Å². The van der Waals surface area contributed by atoms with Crippen LogP contribution in [0.15, 0.2) is 185 Å². The quantitative estimate of drug-likeness (QED) is 0.193. The molecule has 1 atom stereocenters. The number of hydrogen-bond donors (Lipinski definition) is 1. The first-order valence-corrected chi connectivity index (χ1v) is 18.5. The fourth-order valence-corrected chi connectivity index (χ4v) is 8.56. The third kappa shape index (κ3) is 4.49. The Morgan fingerprint density at radius 3 is 1.93 bits per heavy atom. The summed E-state index contributed by atoms with van der Waals surface area (Å²) in [6, 6.07) is 61.2. The average Bonchev–Trinajstić information content (AvgIpc) is 4.02. The van der Waals surface area contributed by atoms with Crippen molar-refractivity contribution in [2.24, 2.45) is 0 Å². The maximum absolute atomic E-state index is 6.87. The van der Waals surface area contributed by atoms with Gasteiger partial charge in [0, 0.05) is 56.0 Å². The largest absolute Gasteiger partial charge is 0.464 e. The van der Waals surface area contributed by atoms with Crippen LogP contribution >= 0.6 is 0 Å². The Hall–Kier alpha value is -7.44. The lowest BCUT2D eigenvalue weighted by Gasteiger charge is -2.26. The van der Waals surface area contributed by atoms with Gasteiger partial charge in [0.2, 0.25) is 0 Å². The zero-order chi connectivity index (χ0) is 36.0. The molecule has 0 amide bonds. The van der Waals surface area contributed by atoms with Crippen molar-refractivity contribution < 1.29 is 13.6 Å². The van der Waals surface area contributed by atoms with Gasteiger partial charge in [0.15, 0.2) is 11.8 Å². The fourth-order valence-electron chi connectivity index (χ4n) is 8.56. The summed E-state index contributed by atoms with van der Waals surface area (Å²) in [6.45, 7) is 0. The van der Waals surface area contributed by atoms with Crippen LogP contribution in [0.4, 0.5) is 22.7 Å². The topological polar surface area (TPSA) is 55.7 Å². The van der Waals surface area contributed by atoms with Crippen LogP contribution in [0, 0.1) is 0 Å². The van der Waals surface area contributed by atoms with E-state index < -0.39 is 0 Å². The highest BCUT2D eigenvalue weighted by Crippen LogP contribution is 2.53. The zero-order valence-corrected chi connectivity index (χ0v) is 29.4. The molecule has 0 bridgehead atoms. The summed E-state index contributed by atoms with van der Waals surface area (Å²) < 4.78 is 22.5. The number of furan rings is 2. The number of hydrogen-bond acceptors (Lipinski definition) is 5. The van der Waals surface area contributed by atoms with E-state index in [1.165, 1.54) is 10.8 Å². The molecule has 260 valence electrons. The van der Waals surface area contributed by atoms with Crippen molar-refractivity contribution in [1.82, 2.24) is 4.57 Å². The molecule has 11 aromatic rings. The third-order valence-corrected chi connectivity index (χ3v) is 11.0. The third-order valence-electron chi connectivity index (χ3n) is 11.0. The molecule has 1 aliphatic rings. The molecule has 6 nitrogen and oxygen atoms in total. The lowest BCUT2D eigenvalue weighted by Crippen LogP contribution is -2.10. The number of fused-ring (bicyclic) bond motifs is 11. The molecule has 8 aromatic carbocycles. The van der Waals surface area contributed by atoms with Crippen molar-refractivity contribution in [3.63, 3.8) is 0 Å². The average molecular weight is 710 g/mol. The molecule has 55 heavy (non-hydrogen) atoms. The molecule has 3 aromatic heterocycles. The van der Waals surface area contributed by atoms with Gasteiger partial charge in [-0.2, -0.15) is 0 Å². The smallest absolute Gasteiger partial charge is 0.196 e. The van der Waals surface area contributed by atoms with Gasteiger partial charge in [0.05, 0.1) is 33.5 Å². The number of nitrogens with zero attached hydrogens (tertiary/aromatic N) is 2. The molecule has 0 radical (unpaired) electrons. The fraction of sp³-hybridized carbons (Fsp3) is 0.0204. The normalized spacial score (nSPS) is 13.9. The van der Waals surface area contributed by atoms with Crippen LogP contribution < -0.4 is 15.0 Å². The molecule has 12 rings (SSSR count). The van der Waals surface area contributed by atoms with Crippen LogP contribution in [0.5, 0.6) is 5.75 Å². The van der Waals surface area contributed by atoms with E-state index in [-0.39, 0.29) is 6.23 Å². The molecule has 0 spiro atoms. The molecule has 0 aliphatic carbocycles. The van der Waals surface area contributed by atoms with Crippen LogP contribution in [0.3, 0.4) is 0 Å². The lowest BCUT2D eigenvalue weighted by molar-refractivity contribution is 0.260. The van der Waals surface area contributed by atoms with Crippen LogP contribution in [0.1, 0.15) is 11.8 Å². The van der Waals surface area contributed by atoms with Crippen LogP contribution in [-0.4, -0.2) is 4.57 Å². The molecule has 0 fully saturated rings. The maximum Gasteiger partial charge on any atom is 0.196 e. The van der Waals surface area contributed by atoms with E-state index in [1.54, 1.807) is 0 Å². The van der Waals surface area contributed by atoms with Gasteiger partial charge in [-0.25, -0.2) is 0 Å². The van der Waals surface area contributed by atoms with Crippen LogP contribution in [-0.2, 0) is 0 Å². The highest BCUT2D eigenvalue weighted by Gasteiger charge is 2.32. The Balaban J connectivity index is 1.15. The summed E-state index contributed by atoms with van der Waals surface area (Å²) in [5.74, 6) is 0.761. The Morgan fingerprint density at radius 1 is 0.491 bits per heavy atom. The highest BCUT2D eigenvalue weighted by atomic mass is 16.5. The van der Waals surface area contributed by atoms with Gasteiger partial charge in [-0.15, -0.1) is 0 Å². The summed E-state index contributed by atoms with van der Waals surface area (Å²) in [6.07, 6.45) is -0.346. The minimum Gasteiger partial charge on any atom is -0.464 e. The molecule has 0 saturated heterocycles. The SMILES string of the molecule is c1ccc(C2Nc3c(cc(N(c4ccc5c(c4)oc4ccccc45)c4ccc5c6ccccc6n(-c6ccccc6)c5c4)c4oc5ccccc5c34)O2)cc1.